The minimum atomic E-state index is 0.607. The first-order valence-electron chi connectivity index (χ1n) is 4.50. The monoisotopic (exact) mass is 242 g/mol. The van der Waals surface area contributed by atoms with Crippen LogP contribution in [0, 0.1) is 5.92 Å². The zero-order valence-electron chi connectivity index (χ0n) is 8.09. The lowest BCUT2D eigenvalue weighted by atomic mass is 10.2. The number of halogens is 1. The second kappa shape index (κ2) is 5.40. The standard InChI is InChI=1S/C11H15BrO/c1-9(2)7-13-8-10-3-5-11(12)6-4-10/h3-6,9H,7-8H2,1-2H3. The van der Waals surface area contributed by atoms with Gasteiger partial charge < -0.3 is 4.74 Å². The van der Waals surface area contributed by atoms with Crippen molar-refractivity contribution < 1.29 is 4.74 Å². The van der Waals surface area contributed by atoms with Gasteiger partial charge in [0.1, 0.15) is 0 Å². The number of benzene rings is 1. The van der Waals surface area contributed by atoms with Crippen LogP contribution in [-0.2, 0) is 11.3 Å². The summed E-state index contributed by atoms with van der Waals surface area (Å²) in [5.41, 5.74) is 1.23. The van der Waals surface area contributed by atoms with Gasteiger partial charge in [-0.15, -0.1) is 0 Å². The van der Waals surface area contributed by atoms with E-state index in [2.05, 4.69) is 41.9 Å². The molecule has 0 aromatic heterocycles. The summed E-state index contributed by atoms with van der Waals surface area (Å²) >= 11 is 3.40. The molecule has 0 unspecified atom stereocenters. The Kier molecular flexibility index (Phi) is 4.46. The highest BCUT2D eigenvalue weighted by Crippen LogP contribution is 2.11. The van der Waals surface area contributed by atoms with E-state index in [1.54, 1.807) is 0 Å². The molecule has 0 N–H and O–H groups in total. The summed E-state index contributed by atoms with van der Waals surface area (Å²) in [5.74, 6) is 0.607. The van der Waals surface area contributed by atoms with Crippen molar-refractivity contribution in [3.05, 3.63) is 34.3 Å². The summed E-state index contributed by atoms with van der Waals surface area (Å²) in [5, 5.41) is 0. The van der Waals surface area contributed by atoms with E-state index in [1.807, 2.05) is 12.1 Å². The van der Waals surface area contributed by atoms with Crippen LogP contribution in [0.25, 0.3) is 0 Å². The van der Waals surface area contributed by atoms with Gasteiger partial charge in [0.25, 0.3) is 0 Å². The lowest BCUT2D eigenvalue weighted by Gasteiger charge is -2.06. The van der Waals surface area contributed by atoms with Crippen LogP contribution in [0.5, 0.6) is 0 Å². The molecule has 0 aliphatic heterocycles. The Morgan fingerprint density at radius 1 is 1.23 bits per heavy atom. The highest BCUT2D eigenvalue weighted by atomic mass is 79.9. The Morgan fingerprint density at radius 3 is 2.38 bits per heavy atom. The maximum absolute atomic E-state index is 5.51. The van der Waals surface area contributed by atoms with Gasteiger partial charge in [0.2, 0.25) is 0 Å². The minimum Gasteiger partial charge on any atom is -0.377 e. The Hall–Kier alpha value is -0.340. The molecule has 0 fully saturated rings. The summed E-state index contributed by atoms with van der Waals surface area (Å²) in [6.07, 6.45) is 0. The first-order chi connectivity index (χ1) is 6.18. The van der Waals surface area contributed by atoms with Gasteiger partial charge in [-0.25, -0.2) is 0 Å². The fraction of sp³-hybridized carbons (Fsp3) is 0.455. The summed E-state index contributed by atoms with van der Waals surface area (Å²) in [6.45, 7) is 5.85. The summed E-state index contributed by atoms with van der Waals surface area (Å²) in [6, 6.07) is 8.22. The molecular formula is C11H15BrO. The summed E-state index contributed by atoms with van der Waals surface area (Å²) < 4.78 is 6.62. The van der Waals surface area contributed by atoms with Crippen molar-refractivity contribution >= 4 is 15.9 Å². The van der Waals surface area contributed by atoms with Crippen molar-refractivity contribution in [1.82, 2.24) is 0 Å². The van der Waals surface area contributed by atoms with Crippen molar-refractivity contribution in [2.75, 3.05) is 6.61 Å². The van der Waals surface area contributed by atoms with Gasteiger partial charge in [-0.05, 0) is 23.6 Å². The molecule has 1 nitrogen and oxygen atoms in total. The quantitative estimate of drug-likeness (QED) is 0.784. The van der Waals surface area contributed by atoms with Crippen LogP contribution in [0.1, 0.15) is 19.4 Å². The molecule has 0 amide bonds. The first-order valence-corrected chi connectivity index (χ1v) is 5.30. The van der Waals surface area contributed by atoms with Crippen LogP contribution in [0.2, 0.25) is 0 Å². The molecule has 0 heterocycles. The van der Waals surface area contributed by atoms with Crippen LogP contribution in [0.15, 0.2) is 28.7 Å². The predicted molar refractivity (Wildman–Crippen MR) is 58.6 cm³/mol. The predicted octanol–water partition coefficient (Wildman–Crippen LogP) is 3.62. The summed E-state index contributed by atoms with van der Waals surface area (Å²) in [7, 11) is 0. The van der Waals surface area contributed by atoms with Crippen molar-refractivity contribution in [2.45, 2.75) is 20.5 Å². The SMILES string of the molecule is CC(C)COCc1ccc(Br)cc1. The number of hydrogen-bond donors (Lipinski definition) is 0. The lowest BCUT2D eigenvalue weighted by molar-refractivity contribution is 0.0971. The van der Waals surface area contributed by atoms with Crippen LogP contribution >= 0.6 is 15.9 Å². The average molecular weight is 243 g/mol. The second-order valence-corrected chi connectivity index (χ2v) is 4.45. The van der Waals surface area contributed by atoms with Crippen molar-refractivity contribution in [2.24, 2.45) is 5.92 Å². The molecule has 1 aromatic carbocycles. The van der Waals surface area contributed by atoms with Gasteiger partial charge in [-0.3, -0.25) is 0 Å². The maximum atomic E-state index is 5.51. The van der Waals surface area contributed by atoms with Gasteiger partial charge in [-0.1, -0.05) is 41.9 Å². The van der Waals surface area contributed by atoms with E-state index in [0.29, 0.717) is 12.5 Å². The average Bonchev–Trinajstić information content (AvgIpc) is 2.08. The Labute approximate surface area is 88.2 Å². The number of ether oxygens (including phenoxy) is 1. The smallest absolute Gasteiger partial charge is 0.0717 e. The van der Waals surface area contributed by atoms with E-state index >= 15 is 0 Å². The Balaban J connectivity index is 2.33. The molecule has 0 saturated carbocycles. The van der Waals surface area contributed by atoms with Crippen LogP contribution in [-0.4, -0.2) is 6.61 Å². The Morgan fingerprint density at radius 2 is 1.85 bits per heavy atom. The first kappa shape index (κ1) is 10.7. The van der Waals surface area contributed by atoms with E-state index in [4.69, 9.17) is 4.74 Å². The van der Waals surface area contributed by atoms with Gasteiger partial charge in [0.05, 0.1) is 6.61 Å². The van der Waals surface area contributed by atoms with Gasteiger partial charge >= 0.3 is 0 Å². The normalized spacial score (nSPS) is 10.8. The zero-order chi connectivity index (χ0) is 9.68. The van der Waals surface area contributed by atoms with Crippen LogP contribution < -0.4 is 0 Å². The van der Waals surface area contributed by atoms with E-state index in [-0.39, 0.29) is 0 Å². The zero-order valence-corrected chi connectivity index (χ0v) is 9.67. The molecule has 0 aliphatic rings. The largest absolute Gasteiger partial charge is 0.377 e. The molecule has 13 heavy (non-hydrogen) atoms. The second-order valence-electron chi connectivity index (χ2n) is 3.54. The fourth-order valence-electron chi connectivity index (χ4n) is 0.993. The third kappa shape index (κ3) is 4.44. The molecule has 72 valence electrons. The fourth-order valence-corrected chi connectivity index (χ4v) is 1.26. The summed E-state index contributed by atoms with van der Waals surface area (Å²) in [4.78, 5) is 0. The lowest BCUT2D eigenvalue weighted by Crippen LogP contribution is -2.01. The van der Waals surface area contributed by atoms with E-state index < -0.39 is 0 Å². The molecule has 0 atom stereocenters. The molecule has 1 aromatic rings. The van der Waals surface area contributed by atoms with Gasteiger partial charge in [0.15, 0.2) is 0 Å². The highest BCUT2D eigenvalue weighted by Gasteiger charge is 1.95. The van der Waals surface area contributed by atoms with Crippen molar-refractivity contribution in [3.8, 4) is 0 Å². The third-order valence-corrected chi connectivity index (χ3v) is 2.16. The van der Waals surface area contributed by atoms with E-state index in [0.717, 1.165) is 11.1 Å². The van der Waals surface area contributed by atoms with E-state index in [1.165, 1.54) is 5.56 Å². The molecule has 2 heteroatoms. The van der Waals surface area contributed by atoms with E-state index in [9.17, 15) is 0 Å². The Bertz CT molecular complexity index is 241. The van der Waals surface area contributed by atoms with Crippen LogP contribution in [0.3, 0.4) is 0 Å². The van der Waals surface area contributed by atoms with Crippen molar-refractivity contribution in [1.29, 1.82) is 0 Å². The van der Waals surface area contributed by atoms with Crippen molar-refractivity contribution in [3.63, 3.8) is 0 Å². The third-order valence-electron chi connectivity index (χ3n) is 1.63. The maximum Gasteiger partial charge on any atom is 0.0717 e. The molecule has 0 spiro atoms. The van der Waals surface area contributed by atoms with Gasteiger partial charge in [0, 0.05) is 11.1 Å². The topological polar surface area (TPSA) is 9.23 Å². The molecule has 0 saturated heterocycles. The minimum absolute atomic E-state index is 0.607. The molecule has 0 bridgehead atoms. The molecule has 0 radical (unpaired) electrons. The van der Waals surface area contributed by atoms with Gasteiger partial charge in [-0.2, -0.15) is 0 Å². The number of rotatable bonds is 4. The van der Waals surface area contributed by atoms with Crippen LogP contribution in [0.4, 0.5) is 0 Å². The highest BCUT2D eigenvalue weighted by molar-refractivity contribution is 9.10. The molecule has 1 rings (SSSR count). The molecular weight excluding hydrogens is 228 g/mol. The molecule has 0 aliphatic carbocycles. The number of hydrogen-bond acceptors (Lipinski definition) is 1.